The number of benzene rings is 2. The van der Waals surface area contributed by atoms with Crippen LogP contribution >= 0.6 is 12.2 Å². The van der Waals surface area contributed by atoms with E-state index in [1.54, 1.807) is 31.2 Å². The molecule has 9 nitrogen and oxygen atoms in total. The van der Waals surface area contributed by atoms with Crippen molar-refractivity contribution in [2.75, 3.05) is 5.32 Å². The lowest BCUT2D eigenvalue weighted by molar-refractivity contribution is -0.384. The van der Waals surface area contributed by atoms with Crippen LogP contribution in [0.15, 0.2) is 54.6 Å². The maximum atomic E-state index is 12.8. The summed E-state index contributed by atoms with van der Waals surface area (Å²) in [6, 6.07) is 13.8. The van der Waals surface area contributed by atoms with E-state index in [1.807, 2.05) is 6.07 Å². The Morgan fingerprint density at radius 1 is 1.15 bits per heavy atom. The van der Waals surface area contributed by atoms with Crippen LogP contribution in [-0.4, -0.2) is 27.0 Å². The predicted molar refractivity (Wildman–Crippen MR) is 102 cm³/mol. The van der Waals surface area contributed by atoms with Gasteiger partial charge in [-0.15, -0.1) is 0 Å². The van der Waals surface area contributed by atoms with Crippen molar-refractivity contribution >= 4 is 40.6 Å². The number of imide groups is 1. The molecule has 0 aliphatic carbocycles. The number of hydrogen-bond acceptors (Lipinski definition) is 5. The van der Waals surface area contributed by atoms with Crippen molar-refractivity contribution in [3.05, 3.63) is 70.3 Å². The van der Waals surface area contributed by atoms with E-state index in [-0.39, 0.29) is 10.8 Å². The molecule has 1 aliphatic rings. The number of anilines is 1. The quantitative estimate of drug-likeness (QED) is 0.320. The SMILES string of the molecule is C[C@]1(c2ccccc2)NC(=O)N(NC(=S)Nc2ccc([N+](=O)[O-])cc2)C1=O. The molecule has 0 radical (unpaired) electrons. The summed E-state index contributed by atoms with van der Waals surface area (Å²) in [6.07, 6.45) is 0. The van der Waals surface area contributed by atoms with Crippen LogP contribution in [0.3, 0.4) is 0 Å². The van der Waals surface area contributed by atoms with Crippen molar-refractivity contribution in [3.8, 4) is 0 Å². The molecule has 1 aliphatic heterocycles. The number of nitro benzene ring substituents is 1. The first-order valence-corrected chi connectivity index (χ1v) is 8.26. The van der Waals surface area contributed by atoms with Crippen molar-refractivity contribution in [2.45, 2.75) is 12.5 Å². The molecule has 0 unspecified atom stereocenters. The number of urea groups is 1. The molecule has 3 amide bonds. The Morgan fingerprint density at radius 3 is 2.37 bits per heavy atom. The van der Waals surface area contributed by atoms with Gasteiger partial charge in [0, 0.05) is 17.8 Å². The zero-order valence-corrected chi connectivity index (χ0v) is 14.9. The molecule has 1 fully saturated rings. The van der Waals surface area contributed by atoms with Gasteiger partial charge in [0.25, 0.3) is 11.6 Å². The van der Waals surface area contributed by atoms with Crippen molar-refractivity contribution in [3.63, 3.8) is 0 Å². The third-order valence-electron chi connectivity index (χ3n) is 4.09. The van der Waals surface area contributed by atoms with Gasteiger partial charge in [0.1, 0.15) is 5.54 Å². The number of nitrogens with zero attached hydrogens (tertiary/aromatic N) is 2. The molecule has 2 aromatic rings. The topological polar surface area (TPSA) is 117 Å². The highest BCUT2D eigenvalue weighted by atomic mass is 32.1. The molecule has 0 spiro atoms. The molecule has 1 saturated heterocycles. The molecule has 3 N–H and O–H groups in total. The molecule has 3 rings (SSSR count). The van der Waals surface area contributed by atoms with Crippen molar-refractivity contribution < 1.29 is 14.5 Å². The van der Waals surface area contributed by atoms with Crippen molar-refractivity contribution in [2.24, 2.45) is 0 Å². The zero-order chi connectivity index (χ0) is 19.6. The number of carbonyl (C=O) groups excluding carboxylic acids is 2. The summed E-state index contributed by atoms with van der Waals surface area (Å²) in [7, 11) is 0. The van der Waals surface area contributed by atoms with Crippen LogP contribution < -0.4 is 16.1 Å². The first-order valence-electron chi connectivity index (χ1n) is 7.85. The summed E-state index contributed by atoms with van der Waals surface area (Å²) in [5.41, 5.74) is 2.38. The molecule has 0 bridgehead atoms. The number of amides is 3. The van der Waals surface area contributed by atoms with Gasteiger partial charge in [0.15, 0.2) is 5.11 Å². The second-order valence-electron chi connectivity index (χ2n) is 5.93. The van der Waals surface area contributed by atoms with E-state index in [9.17, 15) is 19.7 Å². The van der Waals surface area contributed by atoms with Crippen LogP contribution in [0.5, 0.6) is 0 Å². The number of nitro groups is 1. The molecule has 2 aromatic carbocycles. The fourth-order valence-electron chi connectivity index (χ4n) is 2.63. The van der Waals surface area contributed by atoms with Gasteiger partial charge in [-0.3, -0.25) is 20.3 Å². The van der Waals surface area contributed by atoms with Crippen LogP contribution in [-0.2, 0) is 10.3 Å². The van der Waals surface area contributed by atoms with E-state index in [1.165, 1.54) is 24.3 Å². The Balaban J connectivity index is 1.70. The number of hydrazine groups is 1. The Labute approximate surface area is 159 Å². The van der Waals surface area contributed by atoms with Crippen molar-refractivity contribution in [1.29, 1.82) is 0 Å². The van der Waals surface area contributed by atoms with E-state index < -0.39 is 22.4 Å². The summed E-state index contributed by atoms with van der Waals surface area (Å²) in [5.74, 6) is -0.508. The number of non-ortho nitro benzene ring substituents is 1. The number of nitrogens with one attached hydrogen (secondary N) is 3. The van der Waals surface area contributed by atoms with E-state index in [2.05, 4.69) is 16.1 Å². The number of rotatable bonds is 4. The highest BCUT2D eigenvalue weighted by molar-refractivity contribution is 7.80. The van der Waals surface area contributed by atoms with Gasteiger partial charge in [-0.25, -0.2) is 4.79 Å². The Bertz CT molecular complexity index is 919. The lowest BCUT2D eigenvalue weighted by Crippen LogP contribution is -2.49. The fraction of sp³-hybridized carbons (Fsp3) is 0.118. The van der Waals surface area contributed by atoms with E-state index in [0.29, 0.717) is 11.3 Å². The number of thiocarbonyl (C=S) groups is 1. The summed E-state index contributed by atoms with van der Waals surface area (Å²) < 4.78 is 0. The zero-order valence-electron chi connectivity index (χ0n) is 14.1. The largest absolute Gasteiger partial charge is 0.344 e. The maximum Gasteiger partial charge on any atom is 0.344 e. The van der Waals surface area contributed by atoms with Crippen molar-refractivity contribution in [1.82, 2.24) is 15.8 Å². The number of carbonyl (C=O) groups is 2. The minimum Gasteiger partial charge on any atom is -0.331 e. The smallest absolute Gasteiger partial charge is 0.331 e. The third-order valence-corrected chi connectivity index (χ3v) is 4.28. The van der Waals surface area contributed by atoms with Gasteiger partial charge in [0.05, 0.1) is 4.92 Å². The first kappa shape index (κ1) is 18.3. The normalized spacial score (nSPS) is 18.8. The maximum absolute atomic E-state index is 12.8. The van der Waals surface area contributed by atoms with Gasteiger partial charge < -0.3 is 10.6 Å². The fourth-order valence-corrected chi connectivity index (χ4v) is 2.84. The Kier molecular flexibility index (Phi) is 4.74. The van der Waals surface area contributed by atoms with Crippen LogP contribution in [0.4, 0.5) is 16.2 Å². The highest BCUT2D eigenvalue weighted by Gasteiger charge is 2.49. The molecule has 138 valence electrons. The highest BCUT2D eigenvalue weighted by Crippen LogP contribution is 2.27. The van der Waals surface area contributed by atoms with E-state index in [4.69, 9.17) is 12.2 Å². The van der Waals surface area contributed by atoms with Crippen LogP contribution in [0.25, 0.3) is 0 Å². The molecule has 0 aromatic heterocycles. The minimum atomic E-state index is -1.21. The number of hydrogen-bond donors (Lipinski definition) is 3. The summed E-state index contributed by atoms with van der Waals surface area (Å²) in [5, 5.41) is 16.9. The summed E-state index contributed by atoms with van der Waals surface area (Å²) >= 11 is 5.12. The second kappa shape index (κ2) is 7.00. The van der Waals surface area contributed by atoms with E-state index >= 15 is 0 Å². The van der Waals surface area contributed by atoms with Crippen LogP contribution in [0.1, 0.15) is 12.5 Å². The predicted octanol–water partition coefficient (Wildman–Crippen LogP) is 2.26. The average Bonchev–Trinajstić information content (AvgIpc) is 2.87. The van der Waals surface area contributed by atoms with Gasteiger partial charge >= 0.3 is 6.03 Å². The molecule has 10 heteroatoms. The lowest BCUT2D eigenvalue weighted by Gasteiger charge is -2.22. The summed E-state index contributed by atoms with van der Waals surface area (Å²) in [6.45, 7) is 1.61. The van der Waals surface area contributed by atoms with Gasteiger partial charge in [0.2, 0.25) is 0 Å². The van der Waals surface area contributed by atoms with Gasteiger partial charge in [-0.2, -0.15) is 5.01 Å². The summed E-state index contributed by atoms with van der Waals surface area (Å²) in [4.78, 5) is 35.2. The average molecular weight is 385 g/mol. The second-order valence-corrected chi connectivity index (χ2v) is 6.34. The third kappa shape index (κ3) is 3.55. The molecule has 1 heterocycles. The van der Waals surface area contributed by atoms with Crippen LogP contribution in [0.2, 0.25) is 0 Å². The molecular formula is C17H15N5O4S. The molecule has 27 heavy (non-hydrogen) atoms. The Morgan fingerprint density at radius 2 is 1.78 bits per heavy atom. The lowest BCUT2D eigenvalue weighted by atomic mass is 9.92. The Hall–Kier alpha value is -3.53. The van der Waals surface area contributed by atoms with Gasteiger partial charge in [-0.1, -0.05) is 30.3 Å². The standard InChI is InChI=1S/C17H15N5O4S/c1-17(11-5-3-2-4-6-11)14(23)21(16(24)19-17)20-15(27)18-12-7-9-13(10-8-12)22(25)26/h2-10H,1H3,(H,19,24)(H2,18,20,27)/t17-/m1/s1. The van der Waals surface area contributed by atoms with Crippen LogP contribution in [0, 0.1) is 10.1 Å². The monoisotopic (exact) mass is 385 g/mol. The molecule has 0 saturated carbocycles. The first-order chi connectivity index (χ1) is 12.8. The molecule has 1 atom stereocenters. The van der Waals surface area contributed by atoms with E-state index in [0.717, 1.165) is 5.01 Å². The molecular weight excluding hydrogens is 370 g/mol. The van der Waals surface area contributed by atoms with Gasteiger partial charge in [-0.05, 0) is 36.8 Å². The minimum absolute atomic E-state index is 0.00957.